The largest absolute Gasteiger partial charge is 0.282 e. The summed E-state index contributed by atoms with van der Waals surface area (Å²) in [6, 6.07) is 4.38. The van der Waals surface area contributed by atoms with E-state index in [1.54, 1.807) is 6.20 Å². The monoisotopic (exact) mass is 341 g/mol. The molecule has 0 aromatic carbocycles. The normalized spacial score (nSPS) is 14.2. The van der Waals surface area contributed by atoms with Crippen molar-refractivity contribution in [3.05, 3.63) is 46.8 Å². The van der Waals surface area contributed by atoms with Crippen molar-refractivity contribution >= 4 is 0 Å². The fourth-order valence-electron chi connectivity index (χ4n) is 3.17. The van der Waals surface area contributed by atoms with Gasteiger partial charge in [0.1, 0.15) is 0 Å². The minimum absolute atomic E-state index is 0.313. The van der Waals surface area contributed by atoms with Gasteiger partial charge in [0.05, 0.1) is 23.3 Å². The molecule has 134 valence electrons. The van der Waals surface area contributed by atoms with E-state index in [1.165, 1.54) is 11.4 Å². The Morgan fingerprint density at radius 1 is 0.960 bits per heavy atom. The van der Waals surface area contributed by atoms with E-state index in [-0.39, 0.29) is 0 Å². The Kier molecular flexibility index (Phi) is 5.01. The maximum atomic E-state index is 4.69. The van der Waals surface area contributed by atoms with E-state index in [1.807, 2.05) is 11.7 Å². The van der Waals surface area contributed by atoms with Gasteiger partial charge in [0, 0.05) is 30.3 Å². The van der Waals surface area contributed by atoms with Gasteiger partial charge in [-0.3, -0.25) is 14.9 Å². The van der Waals surface area contributed by atoms with Crippen LogP contribution >= 0.6 is 0 Å². The molecule has 0 spiro atoms. The van der Waals surface area contributed by atoms with Gasteiger partial charge in [0.15, 0.2) is 0 Å². The maximum absolute atomic E-state index is 4.69. The summed E-state index contributed by atoms with van der Waals surface area (Å²) in [4.78, 5) is 0. The van der Waals surface area contributed by atoms with Crippen molar-refractivity contribution in [2.75, 3.05) is 0 Å². The number of aromatic amines is 2. The topological polar surface area (TPSA) is 88.1 Å². The van der Waals surface area contributed by atoms with Gasteiger partial charge in [-0.15, -0.1) is 5.10 Å². The number of H-pyrrole nitrogens is 2. The molecule has 3 heterocycles. The predicted molar refractivity (Wildman–Crippen MR) is 96.5 cm³/mol. The first-order valence-corrected chi connectivity index (χ1v) is 8.87. The third-order valence-corrected chi connectivity index (χ3v) is 4.74. The summed E-state index contributed by atoms with van der Waals surface area (Å²) in [5, 5.41) is 22.9. The highest BCUT2D eigenvalue weighted by molar-refractivity contribution is 5.20. The first-order chi connectivity index (χ1) is 11.9. The molecule has 0 aliphatic heterocycles. The number of aromatic nitrogens is 7. The lowest BCUT2D eigenvalue weighted by atomic mass is 9.98. The highest BCUT2D eigenvalue weighted by Crippen LogP contribution is 2.24. The van der Waals surface area contributed by atoms with E-state index in [9.17, 15) is 0 Å². The van der Waals surface area contributed by atoms with Crippen LogP contribution in [0.5, 0.6) is 0 Å². The van der Waals surface area contributed by atoms with Gasteiger partial charge >= 0.3 is 0 Å². The van der Waals surface area contributed by atoms with Gasteiger partial charge in [-0.1, -0.05) is 32.9 Å². The average Bonchev–Trinajstić information content (AvgIpc) is 3.27. The molecular weight excluding hydrogens is 314 g/mol. The van der Waals surface area contributed by atoms with E-state index in [0.717, 1.165) is 29.9 Å². The Bertz CT molecular complexity index is 797. The van der Waals surface area contributed by atoms with Gasteiger partial charge in [0.25, 0.3) is 0 Å². The van der Waals surface area contributed by atoms with Crippen LogP contribution in [0.15, 0.2) is 18.3 Å². The van der Waals surface area contributed by atoms with E-state index in [0.29, 0.717) is 17.8 Å². The minimum atomic E-state index is 0.313. The number of nitrogens with zero attached hydrogens (tertiary/aromatic N) is 5. The Morgan fingerprint density at radius 3 is 2.36 bits per heavy atom. The Labute approximate surface area is 148 Å². The van der Waals surface area contributed by atoms with Crippen LogP contribution in [0.1, 0.15) is 73.9 Å². The van der Waals surface area contributed by atoms with Crippen LogP contribution in [-0.2, 0) is 19.9 Å². The second kappa shape index (κ2) is 7.21. The van der Waals surface area contributed by atoms with Gasteiger partial charge < -0.3 is 0 Å². The molecular formula is C18H27N7. The van der Waals surface area contributed by atoms with Gasteiger partial charge in [-0.2, -0.15) is 10.2 Å². The van der Waals surface area contributed by atoms with E-state index >= 15 is 0 Å². The quantitative estimate of drug-likeness (QED) is 0.691. The SMILES string of the molecule is CC(C)c1cc(CC(C)c2cc(CC(C)c3cnn[nH]3)nn2C)n[nH]1. The fourth-order valence-corrected chi connectivity index (χ4v) is 3.17. The molecule has 2 unspecified atom stereocenters. The molecule has 7 heteroatoms. The van der Waals surface area contributed by atoms with Crippen LogP contribution in [0.3, 0.4) is 0 Å². The van der Waals surface area contributed by atoms with E-state index in [4.69, 9.17) is 5.10 Å². The zero-order chi connectivity index (χ0) is 18.0. The first kappa shape index (κ1) is 17.4. The molecule has 3 aromatic heterocycles. The molecule has 2 N–H and O–H groups in total. The number of aryl methyl sites for hydroxylation is 1. The summed E-state index contributed by atoms with van der Waals surface area (Å²) in [6.45, 7) is 8.73. The van der Waals surface area contributed by atoms with Crippen molar-refractivity contribution in [1.82, 2.24) is 35.4 Å². The molecule has 0 bridgehead atoms. The average molecular weight is 341 g/mol. The summed E-state index contributed by atoms with van der Waals surface area (Å²) in [7, 11) is 2.02. The summed E-state index contributed by atoms with van der Waals surface area (Å²) in [5.41, 5.74) is 5.67. The Balaban J connectivity index is 1.68. The first-order valence-electron chi connectivity index (χ1n) is 8.87. The molecule has 0 saturated carbocycles. The number of hydrogen-bond donors (Lipinski definition) is 2. The van der Waals surface area contributed by atoms with Crippen molar-refractivity contribution in [3.63, 3.8) is 0 Å². The minimum Gasteiger partial charge on any atom is -0.282 e. The predicted octanol–water partition coefficient (Wildman–Crippen LogP) is 3.08. The van der Waals surface area contributed by atoms with Gasteiger partial charge in [-0.05, 0) is 30.9 Å². The smallest absolute Gasteiger partial charge is 0.0725 e. The second-order valence-corrected chi connectivity index (χ2v) is 7.28. The van der Waals surface area contributed by atoms with E-state index < -0.39 is 0 Å². The molecule has 0 aliphatic rings. The lowest BCUT2D eigenvalue weighted by Crippen LogP contribution is -2.05. The maximum Gasteiger partial charge on any atom is 0.0725 e. The molecule has 3 aromatic rings. The van der Waals surface area contributed by atoms with Crippen molar-refractivity contribution in [1.29, 1.82) is 0 Å². The van der Waals surface area contributed by atoms with E-state index in [2.05, 4.69) is 65.4 Å². The molecule has 0 saturated heterocycles. The highest BCUT2D eigenvalue weighted by atomic mass is 15.3. The summed E-state index contributed by atoms with van der Waals surface area (Å²) >= 11 is 0. The van der Waals surface area contributed by atoms with Crippen LogP contribution in [-0.4, -0.2) is 35.4 Å². The van der Waals surface area contributed by atoms with Crippen LogP contribution in [0, 0.1) is 0 Å². The highest BCUT2D eigenvalue weighted by Gasteiger charge is 2.17. The van der Waals surface area contributed by atoms with Crippen molar-refractivity contribution in [3.8, 4) is 0 Å². The zero-order valence-electron chi connectivity index (χ0n) is 15.6. The number of hydrogen-bond acceptors (Lipinski definition) is 4. The molecule has 0 amide bonds. The molecule has 3 rings (SSSR count). The molecule has 7 nitrogen and oxygen atoms in total. The lowest BCUT2D eigenvalue weighted by molar-refractivity contribution is 0.619. The lowest BCUT2D eigenvalue weighted by Gasteiger charge is -2.09. The summed E-state index contributed by atoms with van der Waals surface area (Å²) in [5.74, 6) is 1.14. The zero-order valence-corrected chi connectivity index (χ0v) is 15.6. The number of nitrogens with one attached hydrogen (secondary N) is 2. The Morgan fingerprint density at radius 2 is 1.72 bits per heavy atom. The summed E-state index contributed by atoms with van der Waals surface area (Å²) < 4.78 is 1.99. The third-order valence-electron chi connectivity index (χ3n) is 4.74. The fraction of sp³-hybridized carbons (Fsp3) is 0.556. The standard InChI is InChI=1S/C18H27N7/c1-11(2)16-8-14(20-21-16)7-13(4)18-9-15(23-25(18)5)6-12(3)17-10-19-24-22-17/h8-13H,6-7H2,1-5H3,(H,20,21)(H,19,22,24). The van der Waals surface area contributed by atoms with Crippen LogP contribution in [0.2, 0.25) is 0 Å². The molecule has 0 aliphatic carbocycles. The third kappa shape index (κ3) is 3.97. The van der Waals surface area contributed by atoms with Crippen molar-refractivity contribution in [2.24, 2.45) is 7.05 Å². The van der Waals surface area contributed by atoms with Crippen molar-refractivity contribution < 1.29 is 0 Å². The van der Waals surface area contributed by atoms with Crippen LogP contribution < -0.4 is 0 Å². The van der Waals surface area contributed by atoms with Gasteiger partial charge in [0.2, 0.25) is 0 Å². The molecule has 0 radical (unpaired) electrons. The van der Waals surface area contributed by atoms with Crippen molar-refractivity contribution in [2.45, 2.75) is 58.3 Å². The Hall–Kier alpha value is -2.44. The molecule has 0 fully saturated rings. The molecule has 25 heavy (non-hydrogen) atoms. The molecule has 2 atom stereocenters. The van der Waals surface area contributed by atoms with Crippen LogP contribution in [0.25, 0.3) is 0 Å². The second-order valence-electron chi connectivity index (χ2n) is 7.28. The summed E-state index contributed by atoms with van der Waals surface area (Å²) in [6.07, 6.45) is 3.55. The van der Waals surface area contributed by atoms with Gasteiger partial charge in [-0.25, -0.2) is 0 Å². The number of rotatable bonds is 7. The van der Waals surface area contributed by atoms with Crippen LogP contribution in [0.4, 0.5) is 0 Å².